The van der Waals surface area contributed by atoms with Crippen LogP contribution in [-0.2, 0) is 9.59 Å². The summed E-state index contributed by atoms with van der Waals surface area (Å²) in [4.78, 5) is 42.8. The summed E-state index contributed by atoms with van der Waals surface area (Å²) in [6, 6.07) is 11.8. The fourth-order valence-corrected chi connectivity index (χ4v) is 6.05. The molecule has 3 aliphatic rings. The Morgan fingerprint density at radius 3 is 2.66 bits per heavy atom. The number of carbonyl (C=O) groups is 3. The van der Waals surface area contributed by atoms with Gasteiger partial charge in [0.1, 0.15) is 11.8 Å². The van der Waals surface area contributed by atoms with Crippen LogP contribution in [-0.4, -0.2) is 48.4 Å². The first-order valence-electron chi connectivity index (χ1n) is 12.3. The van der Waals surface area contributed by atoms with Crippen LogP contribution in [0.2, 0.25) is 5.02 Å². The molecule has 3 atom stereocenters. The highest BCUT2D eigenvalue weighted by atomic mass is 35.5. The SMILES string of the molecule is COc1cc(NC(=O)C2CC3CCCCC3N2C(=O)c2cccc(Cl)c2)ccc1N1CCCC1=O. The Morgan fingerprint density at radius 1 is 1.09 bits per heavy atom. The number of likely N-dealkylation sites (tertiary alicyclic amines) is 1. The summed E-state index contributed by atoms with van der Waals surface area (Å²) < 4.78 is 5.54. The number of ether oxygens (including phenoxy) is 1. The Hall–Kier alpha value is -3.06. The highest BCUT2D eigenvalue weighted by Gasteiger charge is 2.47. The molecule has 5 rings (SSSR count). The predicted octanol–water partition coefficient (Wildman–Crippen LogP) is 4.89. The molecule has 0 spiro atoms. The quantitative estimate of drug-likeness (QED) is 0.640. The normalized spacial score (nSPS) is 23.8. The highest BCUT2D eigenvalue weighted by Crippen LogP contribution is 2.41. The average Bonchev–Trinajstić information content (AvgIpc) is 3.47. The minimum absolute atomic E-state index is 0.0593. The van der Waals surface area contributed by atoms with Crippen molar-refractivity contribution in [1.29, 1.82) is 0 Å². The summed E-state index contributed by atoms with van der Waals surface area (Å²) in [5, 5.41) is 3.50. The number of nitrogens with zero attached hydrogens (tertiary/aromatic N) is 2. The molecule has 184 valence electrons. The molecule has 3 amide bonds. The largest absolute Gasteiger partial charge is 0.494 e. The van der Waals surface area contributed by atoms with Crippen molar-refractivity contribution in [3.63, 3.8) is 0 Å². The molecule has 7 nitrogen and oxygen atoms in total. The number of methoxy groups -OCH3 is 1. The van der Waals surface area contributed by atoms with Gasteiger partial charge in [0.2, 0.25) is 11.8 Å². The molecule has 3 fully saturated rings. The summed E-state index contributed by atoms with van der Waals surface area (Å²) in [6.07, 6.45) is 6.13. The molecule has 1 N–H and O–H groups in total. The molecule has 1 aliphatic carbocycles. The smallest absolute Gasteiger partial charge is 0.254 e. The van der Waals surface area contributed by atoms with Gasteiger partial charge in [-0.05, 0) is 61.9 Å². The van der Waals surface area contributed by atoms with Gasteiger partial charge in [0, 0.05) is 41.3 Å². The van der Waals surface area contributed by atoms with E-state index >= 15 is 0 Å². The van der Waals surface area contributed by atoms with Crippen LogP contribution in [0.1, 0.15) is 55.3 Å². The first kappa shape index (κ1) is 23.7. The number of hydrogen-bond acceptors (Lipinski definition) is 4. The van der Waals surface area contributed by atoms with Gasteiger partial charge in [-0.2, -0.15) is 0 Å². The maximum Gasteiger partial charge on any atom is 0.254 e. The average molecular weight is 496 g/mol. The number of rotatable bonds is 5. The van der Waals surface area contributed by atoms with Gasteiger partial charge in [0.25, 0.3) is 5.91 Å². The van der Waals surface area contributed by atoms with Crippen LogP contribution in [0.3, 0.4) is 0 Å². The van der Waals surface area contributed by atoms with Crippen molar-refractivity contribution in [3.8, 4) is 5.75 Å². The number of halogens is 1. The second-order valence-electron chi connectivity index (χ2n) is 9.61. The van der Waals surface area contributed by atoms with Gasteiger partial charge >= 0.3 is 0 Å². The van der Waals surface area contributed by atoms with E-state index in [0.29, 0.717) is 53.0 Å². The number of fused-ring (bicyclic) bond motifs is 1. The number of hydrogen-bond donors (Lipinski definition) is 1. The number of anilines is 2. The molecule has 2 heterocycles. The molecule has 2 aromatic rings. The van der Waals surface area contributed by atoms with Gasteiger partial charge < -0.3 is 19.9 Å². The van der Waals surface area contributed by atoms with Crippen LogP contribution in [0.4, 0.5) is 11.4 Å². The molecule has 1 saturated carbocycles. The van der Waals surface area contributed by atoms with Gasteiger partial charge in [0.05, 0.1) is 12.8 Å². The third-order valence-electron chi connectivity index (χ3n) is 7.51. The van der Waals surface area contributed by atoms with E-state index in [0.717, 1.165) is 32.1 Å². The van der Waals surface area contributed by atoms with E-state index in [1.54, 1.807) is 59.4 Å². The fraction of sp³-hybridized carbons (Fsp3) is 0.444. The zero-order chi connectivity index (χ0) is 24.5. The number of amides is 3. The second-order valence-corrected chi connectivity index (χ2v) is 10.0. The minimum atomic E-state index is -0.555. The summed E-state index contributed by atoms with van der Waals surface area (Å²) >= 11 is 6.15. The van der Waals surface area contributed by atoms with Crippen molar-refractivity contribution in [3.05, 3.63) is 53.1 Å². The van der Waals surface area contributed by atoms with E-state index in [9.17, 15) is 14.4 Å². The van der Waals surface area contributed by atoms with Crippen molar-refractivity contribution in [2.45, 2.75) is 57.0 Å². The molecular weight excluding hydrogens is 466 g/mol. The van der Waals surface area contributed by atoms with E-state index < -0.39 is 6.04 Å². The van der Waals surface area contributed by atoms with E-state index in [1.807, 2.05) is 0 Å². The van der Waals surface area contributed by atoms with Crippen molar-refractivity contribution in [2.75, 3.05) is 23.9 Å². The van der Waals surface area contributed by atoms with E-state index in [4.69, 9.17) is 16.3 Å². The minimum Gasteiger partial charge on any atom is -0.494 e. The first-order valence-corrected chi connectivity index (χ1v) is 12.7. The fourth-order valence-electron chi connectivity index (χ4n) is 5.86. The molecule has 0 bridgehead atoms. The molecular formula is C27H30ClN3O4. The molecule has 0 radical (unpaired) electrons. The van der Waals surface area contributed by atoms with Gasteiger partial charge in [-0.25, -0.2) is 0 Å². The van der Waals surface area contributed by atoms with Gasteiger partial charge in [-0.3, -0.25) is 14.4 Å². The van der Waals surface area contributed by atoms with Crippen LogP contribution in [0.25, 0.3) is 0 Å². The van der Waals surface area contributed by atoms with E-state index in [1.165, 1.54) is 0 Å². The Bertz CT molecular complexity index is 1150. The second kappa shape index (κ2) is 9.90. The molecule has 35 heavy (non-hydrogen) atoms. The van der Waals surface area contributed by atoms with Crippen molar-refractivity contribution in [1.82, 2.24) is 4.90 Å². The zero-order valence-corrected chi connectivity index (χ0v) is 20.6. The van der Waals surface area contributed by atoms with Gasteiger partial charge in [0.15, 0.2) is 0 Å². The molecule has 8 heteroatoms. The Morgan fingerprint density at radius 2 is 1.91 bits per heavy atom. The number of carbonyl (C=O) groups excluding carboxylic acids is 3. The third kappa shape index (κ3) is 4.61. The lowest BCUT2D eigenvalue weighted by Gasteiger charge is -2.33. The van der Waals surface area contributed by atoms with Crippen molar-refractivity contribution in [2.24, 2.45) is 5.92 Å². The van der Waals surface area contributed by atoms with E-state index in [2.05, 4.69) is 5.32 Å². The van der Waals surface area contributed by atoms with Crippen molar-refractivity contribution < 1.29 is 19.1 Å². The molecule has 0 aromatic heterocycles. The van der Waals surface area contributed by atoms with Gasteiger partial charge in [-0.1, -0.05) is 30.5 Å². The lowest BCUT2D eigenvalue weighted by atomic mass is 9.84. The van der Waals surface area contributed by atoms with Gasteiger partial charge in [-0.15, -0.1) is 0 Å². The van der Waals surface area contributed by atoms with Crippen LogP contribution in [0.5, 0.6) is 5.75 Å². The summed E-state index contributed by atoms with van der Waals surface area (Å²) in [5.74, 6) is 0.568. The lowest BCUT2D eigenvalue weighted by Crippen LogP contribution is -2.47. The molecule has 2 saturated heterocycles. The predicted molar refractivity (Wildman–Crippen MR) is 135 cm³/mol. The third-order valence-corrected chi connectivity index (χ3v) is 7.74. The molecule has 2 aliphatic heterocycles. The van der Waals surface area contributed by atoms with Crippen LogP contribution in [0, 0.1) is 5.92 Å². The highest BCUT2D eigenvalue weighted by molar-refractivity contribution is 6.31. The Balaban J connectivity index is 1.39. The summed E-state index contributed by atoms with van der Waals surface area (Å²) in [5.41, 5.74) is 1.78. The standard InChI is InChI=1S/C27H30ClN3O4/c1-35-24-16-20(11-12-22(24)30-13-5-10-25(30)32)29-26(33)23-15-17-6-2-3-9-21(17)31(23)27(34)18-7-4-8-19(28)14-18/h4,7-8,11-12,14,16-17,21,23H,2-3,5-6,9-10,13,15H2,1H3,(H,29,33). The van der Waals surface area contributed by atoms with Crippen LogP contribution in [0.15, 0.2) is 42.5 Å². The molecule has 3 unspecified atom stereocenters. The number of benzene rings is 2. The van der Waals surface area contributed by atoms with E-state index in [-0.39, 0.29) is 23.8 Å². The first-order chi connectivity index (χ1) is 17.0. The lowest BCUT2D eigenvalue weighted by molar-refractivity contribution is -0.120. The Kier molecular flexibility index (Phi) is 6.69. The monoisotopic (exact) mass is 495 g/mol. The maximum atomic E-state index is 13.6. The Labute approximate surface area is 210 Å². The maximum absolute atomic E-state index is 13.6. The van der Waals surface area contributed by atoms with Crippen LogP contribution >= 0.6 is 11.6 Å². The number of nitrogens with one attached hydrogen (secondary N) is 1. The summed E-state index contributed by atoms with van der Waals surface area (Å²) in [7, 11) is 1.55. The van der Waals surface area contributed by atoms with Crippen LogP contribution < -0.4 is 15.0 Å². The topological polar surface area (TPSA) is 79.0 Å². The van der Waals surface area contributed by atoms with Crippen molar-refractivity contribution >= 4 is 40.7 Å². The zero-order valence-electron chi connectivity index (χ0n) is 19.8. The summed E-state index contributed by atoms with van der Waals surface area (Å²) in [6.45, 7) is 0.659. The molecule has 2 aromatic carbocycles.